The predicted molar refractivity (Wildman–Crippen MR) is 49.1 cm³/mol. The van der Waals surface area contributed by atoms with Gasteiger partial charge in [0.15, 0.2) is 0 Å². The maximum absolute atomic E-state index is 6.02. The standard InChI is InChI=1S/C9H10ClNO/c10-11(9-6-7-12-9)8-4-2-1-3-5-8/h1-5,9H,6-7H2. The summed E-state index contributed by atoms with van der Waals surface area (Å²) in [6.45, 7) is 0.820. The largest absolute Gasteiger partial charge is 0.357 e. The molecule has 0 aromatic heterocycles. The van der Waals surface area contributed by atoms with Crippen molar-refractivity contribution in [2.75, 3.05) is 11.0 Å². The Balaban J connectivity index is 2.08. The minimum absolute atomic E-state index is 0.0640. The molecule has 1 aromatic carbocycles. The quantitative estimate of drug-likeness (QED) is 0.653. The maximum Gasteiger partial charge on any atom is 0.147 e. The molecule has 0 saturated carbocycles. The molecule has 0 aliphatic carbocycles. The number of benzene rings is 1. The van der Waals surface area contributed by atoms with Gasteiger partial charge < -0.3 is 4.74 Å². The molecule has 12 heavy (non-hydrogen) atoms. The van der Waals surface area contributed by atoms with Crippen molar-refractivity contribution in [1.29, 1.82) is 0 Å². The van der Waals surface area contributed by atoms with Crippen molar-refractivity contribution in [2.24, 2.45) is 0 Å². The van der Waals surface area contributed by atoms with Gasteiger partial charge in [0.1, 0.15) is 6.23 Å². The number of hydrogen-bond donors (Lipinski definition) is 0. The van der Waals surface area contributed by atoms with Crippen LogP contribution in [0.15, 0.2) is 30.3 Å². The molecule has 1 saturated heterocycles. The van der Waals surface area contributed by atoms with Crippen molar-refractivity contribution in [3.05, 3.63) is 30.3 Å². The van der Waals surface area contributed by atoms with Gasteiger partial charge in [0.25, 0.3) is 0 Å². The van der Waals surface area contributed by atoms with Crippen molar-refractivity contribution < 1.29 is 4.74 Å². The van der Waals surface area contributed by atoms with Crippen LogP contribution in [-0.4, -0.2) is 12.8 Å². The summed E-state index contributed by atoms with van der Waals surface area (Å²) in [5, 5.41) is 0. The second-order valence-electron chi connectivity index (χ2n) is 2.76. The first-order valence-electron chi connectivity index (χ1n) is 3.99. The number of anilines is 1. The zero-order valence-corrected chi connectivity index (χ0v) is 7.37. The molecular formula is C9H10ClNO. The maximum atomic E-state index is 6.02. The highest BCUT2D eigenvalue weighted by atomic mass is 35.5. The van der Waals surface area contributed by atoms with Gasteiger partial charge in [0.2, 0.25) is 0 Å². The van der Waals surface area contributed by atoms with E-state index in [9.17, 15) is 0 Å². The normalized spacial score (nSPS) is 21.6. The fourth-order valence-corrected chi connectivity index (χ4v) is 1.41. The first-order chi connectivity index (χ1) is 5.88. The van der Waals surface area contributed by atoms with E-state index < -0.39 is 0 Å². The highest BCUT2D eigenvalue weighted by Gasteiger charge is 2.24. The molecule has 1 aliphatic rings. The molecule has 1 unspecified atom stereocenters. The minimum Gasteiger partial charge on any atom is -0.357 e. The first kappa shape index (κ1) is 7.90. The number of para-hydroxylation sites is 1. The molecule has 0 bridgehead atoms. The van der Waals surface area contributed by atoms with Crippen molar-refractivity contribution >= 4 is 17.5 Å². The van der Waals surface area contributed by atoms with Crippen LogP contribution in [0.2, 0.25) is 0 Å². The highest BCUT2D eigenvalue weighted by molar-refractivity contribution is 6.25. The van der Waals surface area contributed by atoms with E-state index in [-0.39, 0.29) is 6.23 Å². The molecule has 1 aromatic rings. The van der Waals surface area contributed by atoms with Crippen LogP contribution in [0.5, 0.6) is 0 Å². The third-order valence-electron chi connectivity index (χ3n) is 1.93. The van der Waals surface area contributed by atoms with Crippen LogP contribution >= 0.6 is 11.8 Å². The van der Waals surface area contributed by atoms with Crippen LogP contribution in [0.25, 0.3) is 0 Å². The molecule has 1 atom stereocenters. The average molecular weight is 184 g/mol. The second-order valence-corrected chi connectivity index (χ2v) is 3.13. The lowest BCUT2D eigenvalue weighted by Crippen LogP contribution is -2.39. The summed E-state index contributed by atoms with van der Waals surface area (Å²) in [6.07, 6.45) is 1.08. The van der Waals surface area contributed by atoms with Crippen LogP contribution < -0.4 is 4.42 Å². The van der Waals surface area contributed by atoms with Gasteiger partial charge in [-0.1, -0.05) is 18.2 Å². The monoisotopic (exact) mass is 183 g/mol. The Labute approximate surface area is 76.8 Å². The Morgan fingerprint density at radius 2 is 2.00 bits per heavy atom. The topological polar surface area (TPSA) is 12.5 Å². The third-order valence-corrected chi connectivity index (χ3v) is 2.34. The van der Waals surface area contributed by atoms with Gasteiger partial charge in [-0.3, -0.25) is 4.42 Å². The van der Waals surface area contributed by atoms with Crippen molar-refractivity contribution in [1.82, 2.24) is 0 Å². The molecule has 0 radical (unpaired) electrons. The van der Waals surface area contributed by atoms with Crippen LogP contribution in [0.3, 0.4) is 0 Å². The summed E-state index contributed by atoms with van der Waals surface area (Å²) in [5.41, 5.74) is 0.990. The molecule has 2 rings (SSSR count). The van der Waals surface area contributed by atoms with E-state index in [1.54, 1.807) is 4.42 Å². The lowest BCUT2D eigenvalue weighted by molar-refractivity contribution is -0.0415. The fourth-order valence-electron chi connectivity index (χ4n) is 1.14. The molecular weight excluding hydrogens is 174 g/mol. The summed E-state index contributed by atoms with van der Waals surface area (Å²) in [4.78, 5) is 0. The third kappa shape index (κ3) is 1.40. The molecule has 0 spiro atoms. The number of halogens is 1. The molecule has 1 fully saturated rings. The SMILES string of the molecule is ClN(c1ccccc1)C1CCO1. The lowest BCUT2D eigenvalue weighted by atomic mass is 10.2. The van der Waals surface area contributed by atoms with E-state index >= 15 is 0 Å². The van der Waals surface area contributed by atoms with Gasteiger partial charge in [0.05, 0.1) is 12.3 Å². The number of hydrogen-bond acceptors (Lipinski definition) is 2. The molecule has 0 amide bonds. The van der Waals surface area contributed by atoms with E-state index in [0.717, 1.165) is 18.7 Å². The van der Waals surface area contributed by atoms with Crippen molar-refractivity contribution in [3.8, 4) is 0 Å². The molecule has 64 valence electrons. The van der Waals surface area contributed by atoms with E-state index in [1.165, 1.54) is 0 Å². The van der Waals surface area contributed by atoms with Gasteiger partial charge >= 0.3 is 0 Å². The number of ether oxygens (including phenoxy) is 1. The summed E-state index contributed by atoms with van der Waals surface area (Å²) in [6, 6.07) is 9.83. The van der Waals surface area contributed by atoms with E-state index in [2.05, 4.69) is 0 Å². The second kappa shape index (κ2) is 3.33. The summed E-state index contributed by atoms with van der Waals surface area (Å²) in [7, 11) is 0. The molecule has 1 heterocycles. The molecule has 1 aliphatic heterocycles. The smallest absolute Gasteiger partial charge is 0.147 e. The summed E-state index contributed by atoms with van der Waals surface area (Å²) >= 11 is 6.02. The van der Waals surface area contributed by atoms with Gasteiger partial charge in [-0.25, -0.2) is 0 Å². The van der Waals surface area contributed by atoms with E-state index in [4.69, 9.17) is 16.5 Å². The molecule has 2 nitrogen and oxygen atoms in total. The fraction of sp³-hybridized carbons (Fsp3) is 0.333. The number of rotatable bonds is 2. The minimum atomic E-state index is 0.0640. The zero-order valence-electron chi connectivity index (χ0n) is 6.61. The van der Waals surface area contributed by atoms with E-state index in [1.807, 2.05) is 30.3 Å². The van der Waals surface area contributed by atoms with Crippen LogP contribution in [0.4, 0.5) is 5.69 Å². The zero-order chi connectivity index (χ0) is 8.39. The summed E-state index contributed by atoms with van der Waals surface area (Å²) < 4.78 is 6.88. The van der Waals surface area contributed by atoms with Crippen molar-refractivity contribution in [2.45, 2.75) is 12.6 Å². The van der Waals surface area contributed by atoms with Gasteiger partial charge in [-0.15, -0.1) is 0 Å². The van der Waals surface area contributed by atoms with E-state index in [0.29, 0.717) is 0 Å². The summed E-state index contributed by atoms with van der Waals surface area (Å²) in [5.74, 6) is 0. The van der Waals surface area contributed by atoms with Crippen LogP contribution in [0.1, 0.15) is 6.42 Å². The van der Waals surface area contributed by atoms with Crippen LogP contribution in [0, 0.1) is 0 Å². The number of nitrogens with zero attached hydrogens (tertiary/aromatic N) is 1. The van der Waals surface area contributed by atoms with Gasteiger partial charge in [-0.05, 0) is 12.1 Å². The molecule has 0 N–H and O–H groups in total. The van der Waals surface area contributed by atoms with Gasteiger partial charge in [0, 0.05) is 18.2 Å². The molecule has 3 heteroatoms. The van der Waals surface area contributed by atoms with Crippen LogP contribution in [-0.2, 0) is 4.74 Å². The first-order valence-corrected chi connectivity index (χ1v) is 4.33. The highest BCUT2D eigenvalue weighted by Crippen LogP contribution is 2.25. The van der Waals surface area contributed by atoms with Gasteiger partial charge in [-0.2, -0.15) is 0 Å². The Morgan fingerprint density at radius 1 is 1.33 bits per heavy atom. The Bertz CT molecular complexity index is 248. The Morgan fingerprint density at radius 3 is 2.50 bits per heavy atom. The Kier molecular flexibility index (Phi) is 2.19. The Hall–Kier alpha value is -0.730. The average Bonchev–Trinajstić information content (AvgIpc) is 2.03. The lowest BCUT2D eigenvalue weighted by Gasteiger charge is -2.33. The predicted octanol–water partition coefficient (Wildman–Crippen LogP) is 2.39. The van der Waals surface area contributed by atoms with Crippen molar-refractivity contribution in [3.63, 3.8) is 0 Å².